The summed E-state index contributed by atoms with van der Waals surface area (Å²) < 4.78 is 5.20. The monoisotopic (exact) mass is 453 g/mol. The highest BCUT2D eigenvalue weighted by Crippen LogP contribution is 2.26. The molecule has 0 saturated carbocycles. The normalized spacial score (nSPS) is 11.5. The van der Waals surface area contributed by atoms with Crippen molar-refractivity contribution in [1.82, 2.24) is 5.32 Å². The van der Waals surface area contributed by atoms with Crippen LogP contribution in [0.15, 0.2) is 77.3 Å². The number of phenolic OH excluding ortho intramolecular Hbond substituents is 1. The Kier molecular flexibility index (Phi) is 6.67. The molecular formula is C23H20BrNO4. The fourth-order valence-electron chi connectivity index (χ4n) is 2.93. The molecule has 0 aliphatic carbocycles. The van der Waals surface area contributed by atoms with Crippen LogP contribution in [-0.4, -0.2) is 24.1 Å². The predicted octanol–water partition coefficient (Wildman–Crippen LogP) is 4.86. The number of methoxy groups -OCH3 is 1. The van der Waals surface area contributed by atoms with Crippen LogP contribution in [0.4, 0.5) is 0 Å². The molecule has 3 aromatic carbocycles. The molecule has 3 rings (SSSR count). The molecule has 0 bridgehead atoms. The zero-order valence-corrected chi connectivity index (χ0v) is 17.3. The molecule has 1 amide bonds. The molecule has 29 heavy (non-hydrogen) atoms. The Morgan fingerprint density at radius 1 is 1.00 bits per heavy atom. The van der Waals surface area contributed by atoms with Crippen molar-refractivity contribution in [2.45, 2.75) is 12.5 Å². The number of carbonyl (C=O) groups excluding carboxylic acids is 2. The average molecular weight is 454 g/mol. The van der Waals surface area contributed by atoms with E-state index in [-0.39, 0.29) is 18.1 Å². The summed E-state index contributed by atoms with van der Waals surface area (Å²) in [4.78, 5) is 24.6. The van der Waals surface area contributed by atoms with E-state index in [2.05, 4.69) is 21.2 Å². The minimum absolute atomic E-state index is 0.00613. The number of phenols is 1. The van der Waals surface area contributed by atoms with Gasteiger partial charge in [0.25, 0.3) is 5.91 Å². The SMILES string of the molecule is COC(=O)CC(NC(=O)c1ccc(O)c(Br)c1)c1ccc(-c2ccccc2)cc1. The molecule has 1 unspecified atom stereocenters. The van der Waals surface area contributed by atoms with Crippen molar-refractivity contribution < 1.29 is 19.4 Å². The molecule has 148 valence electrons. The number of benzene rings is 3. The number of esters is 1. The van der Waals surface area contributed by atoms with Gasteiger partial charge in [-0.15, -0.1) is 0 Å². The lowest BCUT2D eigenvalue weighted by molar-refractivity contribution is -0.141. The number of ether oxygens (including phenoxy) is 1. The minimum atomic E-state index is -0.549. The van der Waals surface area contributed by atoms with Crippen molar-refractivity contribution >= 4 is 27.8 Å². The maximum Gasteiger partial charge on any atom is 0.307 e. The number of carbonyl (C=O) groups is 2. The molecule has 0 saturated heterocycles. The van der Waals surface area contributed by atoms with E-state index in [9.17, 15) is 14.7 Å². The summed E-state index contributed by atoms with van der Waals surface area (Å²) in [5.41, 5.74) is 3.29. The van der Waals surface area contributed by atoms with Gasteiger partial charge in [-0.2, -0.15) is 0 Å². The molecular weight excluding hydrogens is 434 g/mol. The quantitative estimate of drug-likeness (QED) is 0.522. The second kappa shape index (κ2) is 9.39. The van der Waals surface area contributed by atoms with Gasteiger partial charge >= 0.3 is 5.97 Å². The fourth-order valence-corrected chi connectivity index (χ4v) is 3.31. The summed E-state index contributed by atoms with van der Waals surface area (Å²) in [6, 6.07) is 21.6. The molecule has 0 aliphatic rings. The van der Waals surface area contributed by atoms with Gasteiger partial charge in [-0.25, -0.2) is 0 Å². The third-order valence-electron chi connectivity index (χ3n) is 4.53. The summed E-state index contributed by atoms with van der Waals surface area (Å²) in [6.45, 7) is 0. The smallest absolute Gasteiger partial charge is 0.307 e. The van der Waals surface area contributed by atoms with Crippen molar-refractivity contribution in [3.05, 3.63) is 88.4 Å². The number of aromatic hydroxyl groups is 1. The summed E-state index contributed by atoms with van der Waals surface area (Å²) >= 11 is 3.20. The van der Waals surface area contributed by atoms with Crippen LogP contribution in [0.25, 0.3) is 11.1 Å². The first kappa shape index (κ1) is 20.6. The number of hydrogen-bond donors (Lipinski definition) is 2. The first-order valence-corrected chi connectivity index (χ1v) is 9.79. The van der Waals surface area contributed by atoms with Crippen LogP contribution in [0, 0.1) is 0 Å². The van der Waals surface area contributed by atoms with Crippen LogP contribution in [0.5, 0.6) is 5.75 Å². The van der Waals surface area contributed by atoms with Gasteiger partial charge in [0, 0.05) is 5.56 Å². The largest absolute Gasteiger partial charge is 0.507 e. The van der Waals surface area contributed by atoms with Gasteiger partial charge in [-0.05, 0) is 50.8 Å². The third-order valence-corrected chi connectivity index (χ3v) is 5.17. The van der Waals surface area contributed by atoms with Crippen LogP contribution in [0.2, 0.25) is 0 Å². The summed E-state index contributed by atoms with van der Waals surface area (Å²) in [5, 5.41) is 12.5. The zero-order chi connectivity index (χ0) is 20.8. The lowest BCUT2D eigenvalue weighted by Gasteiger charge is -2.19. The van der Waals surface area contributed by atoms with E-state index in [0.29, 0.717) is 10.0 Å². The molecule has 5 nitrogen and oxygen atoms in total. The van der Waals surface area contributed by atoms with Gasteiger partial charge in [0.15, 0.2) is 0 Å². The maximum atomic E-state index is 12.7. The molecule has 0 fully saturated rings. The second-order valence-corrected chi connectivity index (χ2v) is 7.31. The Hall–Kier alpha value is -3.12. The van der Waals surface area contributed by atoms with Crippen LogP contribution >= 0.6 is 15.9 Å². The second-order valence-electron chi connectivity index (χ2n) is 6.46. The van der Waals surface area contributed by atoms with E-state index in [0.717, 1.165) is 16.7 Å². The van der Waals surface area contributed by atoms with Gasteiger partial charge in [-0.3, -0.25) is 9.59 Å². The van der Waals surface area contributed by atoms with Crippen LogP contribution in [0.3, 0.4) is 0 Å². The first-order valence-electron chi connectivity index (χ1n) is 8.99. The van der Waals surface area contributed by atoms with Crippen LogP contribution in [0.1, 0.15) is 28.4 Å². The van der Waals surface area contributed by atoms with E-state index >= 15 is 0 Å². The van der Waals surface area contributed by atoms with Crippen molar-refractivity contribution in [2.75, 3.05) is 7.11 Å². The average Bonchev–Trinajstić information content (AvgIpc) is 2.75. The topological polar surface area (TPSA) is 75.6 Å². The zero-order valence-electron chi connectivity index (χ0n) is 15.8. The summed E-state index contributed by atoms with van der Waals surface area (Å²) in [5.74, 6) is -0.731. The lowest BCUT2D eigenvalue weighted by atomic mass is 9.98. The first-order chi connectivity index (χ1) is 14.0. The lowest BCUT2D eigenvalue weighted by Crippen LogP contribution is -2.30. The van der Waals surface area contributed by atoms with E-state index in [1.807, 2.05) is 54.6 Å². The highest BCUT2D eigenvalue weighted by molar-refractivity contribution is 9.10. The molecule has 2 N–H and O–H groups in total. The highest BCUT2D eigenvalue weighted by atomic mass is 79.9. The Morgan fingerprint density at radius 3 is 2.28 bits per heavy atom. The molecule has 0 radical (unpaired) electrons. The molecule has 1 atom stereocenters. The van der Waals surface area contributed by atoms with Crippen molar-refractivity contribution in [2.24, 2.45) is 0 Å². The Labute approximate surface area is 177 Å². The van der Waals surface area contributed by atoms with E-state index < -0.39 is 12.0 Å². The number of rotatable bonds is 6. The van der Waals surface area contributed by atoms with E-state index in [4.69, 9.17) is 4.74 Å². The van der Waals surface area contributed by atoms with Gasteiger partial charge in [0.1, 0.15) is 5.75 Å². The Morgan fingerprint density at radius 2 is 1.66 bits per heavy atom. The standard InChI is InChI=1S/C23H20BrNO4/c1-29-22(27)14-20(25-23(28)18-11-12-21(26)19(24)13-18)17-9-7-16(8-10-17)15-5-3-2-4-6-15/h2-13,20,26H,14H2,1H3,(H,25,28). The molecule has 0 aliphatic heterocycles. The molecule has 6 heteroatoms. The van der Waals surface area contributed by atoms with Gasteiger partial charge in [-0.1, -0.05) is 54.6 Å². The third kappa shape index (κ3) is 5.23. The van der Waals surface area contributed by atoms with Crippen LogP contribution in [-0.2, 0) is 9.53 Å². The van der Waals surface area contributed by atoms with Crippen LogP contribution < -0.4 is 5.32 Å². The van der Waals surface area contributed by atoms with Gasteiger partial charge in [0.05, 0.1) is 24.0 Å². The predicted molar refractivity (Wildman–Crippen MR) is 115 cm³/mol. The molecule has 0 spiro atoms. The molecule has 0 heterocycles. The number of halogens is 1. The van der Waals surface area contributed by atoms with Crippen molar-refractivity contribution in [3.8, 4) is 16.9 Å². The molecule has 3 aromatic rings. The Balaban J connectivity index is 1.83. The Bertz CT molecular complexity index is 1000. The van der Waals surface area contributed by atoms with Crippen molar-refractivity contribution in [1.29, 1.82) is 0 Å². The maximum absolute atomic E-state index is 12.7. The fraction of sp³-hybridized carbons (Fsp3) is 0.130. The highest BCUT2D eigenvalue weighted by Gasteiger charge is 2.20. The molecule has 0 aromatic heterocycles. The number of hydrogen-bond acceptors (Lipinski definition) is 4. The van der Waals surface area contributed by atoms with E-state index in [1.165, 1.54) is 25.3 Å². The number of amides is 1. The number of nitrogens with one attached hydrogen (secondary N) is 1. The van der Waals surface area contributed by atoms with Gasteiger partial charge in [0.2, 0.25) is 0 Å². The summed E-state index contributed by atoms with van der Waals surface area (Å²) in [6.07, 6.45) is 0.00613. The minimum Gasteiger partial charge on any atom is -0.507 e. The van der Waals surface area contributed by atoms with E-state index in [1.54, 1.807) is 0 Å². The van der Waals surface area contributed by atoms with Crippen molar-refractivity contribution in [3.63, 3.8) is 0 Å². The van der Waals surface area contributed by atoms with Gasteiger partial charge < -0.3 is 15.2 Å². The summed E-state index contributed by atoms with van der Waals surface area (Å²) in [7, 11) is 1.32.